The maximum atomic E-state index is 6.46. The molecule has 39 heavy (non-hydrogen) atoms. The van der Waals surface area contributed by atoms with Gasteiger partial charge < -0.3 is 10.1 Å². The van der Waals surface area contributed by atoms with Crippen molar-refractivity contribution in [2.75, 3.05) is 17.4 Å². The SMILES string of the molecule is COc1ccc(C2C=C(c3ccc(N=C4CC(C)=NN4c4ccccc4Cl)cc3)Nc3ccccc3S2)cc1. The summed E-state index contributed by atoms with van der Waals surface area (Å²) in [5, 5.41) is 11.0. The number of ether oxygens (including phenoxy) is 1. The molecule has 4 aromatic carbocycles. The lowest BCUT2D eigenvalue weighted by Crippen LogP contribution is -2.20. The van der Waals surface area contributed by atoms with Crippen molar-refractivity contribution in [1.82, 2.24) is 0 Å². The van der Waals surface area contributed by atoms with Crippen molar-refractivity contribution >= 4 is 57.7 Å². The zero-order valence-electron chi connectivity index (χ0n) is 21.6. The molecule has 0 aliphatic carbocycles. The topological polar surface area (TPSA) is 49.2 Å². The Morgan fingerprint density at radius 3 is 2.46 bits per heavy atom. The summed E-state index contributed by atoms with van der Waals surface area (Å²) >= 11 is 8.30. The predicted octanol–water partition coefficient (Wildman–Crippen LogP) is 8.96. The number of rotatable bonds is 5. The molecule has 0 amide bonds. The molecule has 1 atom stereocenters. The molecule has 5 nitrogen and oxygen atoms in total. The third-order valence-electron chi connectivity index (χ3n) is 6.62. The van der Waals surface area contributed by atoms with E-state index in [1.807, 2.05) is 60.1 Å². The van der Waals surface area contributed by atoms with Crippen LogP contribution in [0.4, 0.5) is 17.1 Å². The molecule has 0 saturated carbocycles. The molecule has 2 aliphatic rings. The molecule has 2 heterocycles. The van der Waals surface area contributed by atoms with E-state index in [2.05, 4.69) is 77.2 Å². The molecular formula is C32H27ClN4OS. The van der Waals surface area contributed by atoms with Crippen LogP contribution in [0.1, 0.15) is 29.7 Å². The molecule has 0 radical (unpaired) electrons. The van der Waals surface area contributed by atoms with Gasteiger partial charge in [-0.3, -0.25) is 0 Å². The van der Waals surface area contributed by atoms with Gasteiger partial charge in [-0.05, 0) is 72.7 Å². The zero-order valence-corrected chi connectivity index (χ0v) is 23.2. The van der Waals surface area contributed by atoms with E-state index < -0.39 is 0 Å². The number of nitrogens with one attached hydrogen (secondary N) is 1. The lowest BCUT2D eigenvalue weighted by molar-refractivity contribution is 0.414. The van der Waals surface area contributed by atoms with Gasteiger partial charge in [-0.25, -0.2) is 10.0 Å². The van der Waals surface area contributed by atoms with E-state index in [4.69, 9.17) is 21.3 Å². The molecule has 7 heteroatoms. The number of para-hydroxylation sites is 2. The third-order valence-corrected chi connectivity index (χ3v) is 8.21. The van der Waals surface area contributed by atoms with Crippen LogP contribution in [-0.4, -0.2) is 18.7 Å². The second-order valence-electron chi connectivity index (χ2n) is 9.36. The number of benzene rings is 4. The standard InChI is InChI=1S/C32H27ClN4OS/c1-21-19-32(37(36-21)29-9-5-3-7-26(29)33)34-24-15-11-22(12-16-24)28-20-31(23-13-17-25(38-2)18-14-23)39-30-10-6-4-8-27(30)35-28/h3-18,20,31,35H,19H2,1-2H3. The van der Waals surface area contributed by atoms with Gasteiger partial charge in [0.25, 0.3) is 0 Å². The molecule has 0 aromatic heterocycles. The molecule has 1 unspecified atom stereocenters. The Balaban J connectivity index is 1.31. The molecule has 0 fully saturated rings. The number of methoxy groups -OCH3 is 1. The van der Waals surface area contributed by atoms with E-state index in [0.717, 1.165) is 45.6 Å². The molecule has 6 rings (SSSR count). The second kappa shape index (κ2) is 11.0. The number of anilines is 2. The fourth-order valence-corrected chi connectivity index (χ4v) is 6.03. The van der Waals surface area contributed by atoms with E-state index in [0.29, 0.717) is 11.4 Å². The van der Waals surface area contributed by atoms with Gasteiger partial charge in [-0.2, -0.15) is 5.10 Å². The van der Waals surface area contributed by atoms with Gasteiger partial charge in [0.1, 0.15) is 11.6 Å². The van der Waals surface area contributed by atoms with E-state index in [1.165, 1.54) is 10.5 Å². The number of aliphatic imine (C=N–C) groups is 1. The van der Waals surface area contributed by atoms with Gasteiger partial charge in [0, 0.05) is 22.7 Å². The van der Waals surface area contributed by atoms with Gasteiger partial charge in [0.2, 0.25) is 0 Å². The van der Waals surface area contributed by atoms with E-state index in [-0.39, 0.29) is 5.25 Å². The number of hydrazone groups is 1. The summed E-state index contributed by atoms with van der Waals surface area (Å²) in [6, 6.07) is 32.8. The highest BCUT2D eigenvalue weighted by Gasteiger charge is 2.23. The first-order chi connectivity index (χ1) is 19.1. The van der Waals surface area contributed by atoms with Crippen LogP contribution in [0, 0.1) is 0 Å². The summed E-state index contributed by atoms with van der Waals surface area (Å²) in [7, 11) is 1.69. The number of nitrogens with zero attached hydrogens (tertiary/aromatic N) is 3. The molecule has 0 saturated heterocycles. The quantitative estimate of drug-likeness (QED) is 0.269. The van der Waals surface area contributed by atoms with Crippen LogP contribution in [-0.2, 0) is 0 Å². The number of thioether (sulfide) groups is 1. The summed E-state index contributed by atoms with van der Waals surface area (Å²) in [4.78, 5) is 6.15. The zero-order chi connectivity index (χ0) is 26.8. The largest absolute Gasteiger partial charge is 0.497 e. The van der Waals surface area contributed by atoms with Crippen LogP contribution in [0.5, 0.6) is 5.75 Å². The van der Waals surface area contributed by atoms with Crippen LogP contribution in [0.3, 0.4) is 0 Å². The Kier molecular flexibility index (Phi) is 7.14. The summed E-state index contributed by atoms with van der Waals surface area (Å²) < 4.78 is 5.37. The molecule has 0 spiro atoms. The lowest BCUT2D eigenvalue weighted by atomic mass is 10.1. The predicted molar refractivity (Wildman–Crippen MR) is 165 cm³/mol. The van der Waals surface area contributed by atoms with Gasteiger partial charge in [-0.15, -0.1) is 11.8 Å². The van der Waals surface area contributed by atoms with Crippen molar-refractivity contribution in [3.63, 3.8) is 0 Å². The Morgan fingerprint density at radius 2 is 1.69 bits per heavy atom. The first-order valence-electron chi connectivity index (χ1n) is 12.7. The number of hydrogen-bond donors (Lipinski definition) is 1. The average Bonchev–Trinajstić information content (AvgIpc) is 3.20. The van der Waals surface area contributed by atoms with Gasteiger partial charge in [0.15, 0.2) is 0 Å². The van der Waals surface area contributed by atoms with Crippen molar-refractivity contribution in [1.29, 1.82) is 0 Å². The number of hydrogen-bond acceptors (Lipinski definition) is 5. The van der Waals surface area contributed by atoms with Crippen molar-refractivity contribution in [3.8, 4) is 5.75 Å². The van der Waals surface area contributed by atoms with Crippen molar-refractivity contribution in [2.24, 2.45) is 10.1 Å². The summed E-state index contributed by atoms with van der Waals surface area (Å²) in [5.41, 5.74) is 7.17. The van der Waals surface area contributed by atoms with Crippen molar-refractivity contribution in [2.45, 2.75) is 23.5 Å². The Labute approximate surface area is 237 Å². The van der Waals surface area contributed by atoms with Crippen molar-refractivity contribution < 1.29 is 4.74 Å². The smallest absolute Gasteiger partial charge is 0.136 e. The highest BCUT2D eigenvalue weighted by molar-refractivity contribution is 7.99. The minimum Gasteiger partial charge on any atom is -0.497 e. The van der Waals surface area contributed by atoms with Gasteiger partial charge in [-0.1, -0.05) is 60.1 Å². The fraction of sp³-hybridized carbons (Fsp3) is 0.125. The summed E-state index contributed by atoms with van der Waals surface area (Å²) in [6.07, 6.45) is 2.97. The number of amidine groups is 1. The molecule has 194 valence electrons. The van der Waals surface area contributed by atoms with Crippen molar-refractivity contribution in [3.05, 3.63) is 119 Å². The minimum atomic E-state index is 0.143. The van der Waals surface area contributed by atoms with Gasteiger partial charge >= 0.3 is 0 Å². The van der Waals surface area contributed by atoms with Crippen LogP contribution in [0.15, 0.2) is 118 Å². The van der Waals surface area contributed by atoms with E-state index in [9.17, 15) is 0 Å². The Morgan fingerprint density at radius 1 is 0.949 bits per heavy atom. The lowest BCUT2D eigenvalue weighted by Gasteiger charge is -2.17. The van der Waals surface area contributed by atoms with E-state index in [1.54, 1.807) is 7.11 Å². The Bertz CT molecular complexity index is 1600. The summed E-state index contributed by atoms with van der Waals surface area (Å²) in [5.74, 6) is 1.71. The molecule has 1 N–H and O–H groups in total. The first kappa shape index (κ1) is 25.3. The Hall–Kier alpha value is -4.00. The molecule has 4 aromatic rings. The second-order valence-corrected chi connectivity index (χ2v) is 11.0. The minimum absolute atomic E-state index is 0.143. The maximum Gasteiger partial charge on any atom is 0.136 e. The van der Waals surface area contributed by atoms with Crippen LogP contribution in [0.2, 0.25) is 5.02 Å². The first-order valence-corrected chi connectivity index (χ1v) is 14.0. The highest BCUT2D eigenvalue weighted by atomic mass is 35.5. The fourth-order valence-electron chi connectivity index (χ4n) is 4.64. The van der Waals surface area contributed by atoms with E-state index >= 15 is 0 Å². The molecule has 0 bridgehead atoms. The summed E-state index contributed by atoms with van der Waals surface area (Å²) in [6.45, 7) is 2.01. The van der Waals surface area contributed by atoms with Crippen LogP contribution < -0.4 is 15.1 Å². The number of halogens is 1. The monoisotopic (exact) mass is 550 g/mol. The third kappa shape index (κ3) is 5.44. The molecular weight excluding hydrogens is 524 g/mol. The highest BCUT2D eigenvalue weighted by Crippen LogP contribution is 2.45. The molecule has 2 aliphatic heterocycles. The normalized spacial score (nSPS) is 17.7. The van der Waals surface area contributed by atoms with Crippen LogP contribution in [0.25, 0.3) is 5.70 Å². The number of fused-ring (bicyclic) bond motifs is 1. The van der Waals surface area contributed by atoms with Crippen LogP contribution >= 0.6 is 23.4 Å². The maximum absolute atomic E-state index is 6.46. The van der Waals surface area contributed by atoms with Gasteiger partial charge in [0.05, 0.1) is 34.4 Å². The average molecular weight is 551 g/mol.